The van der Waals surface area contributed by atoms with Gasteiger partial charge in [-0.05, 0) is 56.6 Å². The summed E-state index contributed by atoms with van der Waals surface area (Å²) in [4.78, 5) is 19.5. The molecule has 0 radical (unpaired) electrons. The molecule has 0 spiro atoms. The minimum Gasteiger partial charge on any atom is -0.461 e. The number of nitrogens with one attached hydrogen (secondary N) is 1. The Morgan fingerprint density at radius 1 is 1.07 bits per heavy atom. The van der Waals surface area contributed by atoms with Crippen LogP contribution in [0.3, 0.4) is 0 Å². The third-order valence-corrected chi connectivity index (χ3v) is 10.2. The van der Waals surface area contributed by atoms with E-state index in [1.54, 1.807) is 12.1 Å². The Morgan fingerprint density at radius 2 is 1.91 bits per heavy atom. The molecule has 8 rings (SSSR count). The average molecular weight is 581 g/mol. The molecule has 0 saturated carbocycles. The highest BCUT2D eigenvalue weighted by Gasteiger charge is 2.45. The maximum atomic E-state index is 17.0. The van der Waals surface area contributed by atoms with Crippen LogP contribution in [0, 0.1) is 24.0 Å². The maximum absolute atomic E-state index is 17.0. The number of benzene rings is 2. The van der Waals surface area contributed by atoms with E-state index in [2.05, 4.69) is 28.0 Å². The van der Waals surface area contributed by atoms with E-state index in [4.69, 9.17) is 26.1 Å². The molecule has 3 saturated heterocycles. The van der Waals surface area contributed by atoms with Crippen molar-refractivity contribution < 1.29 is 13.5 Å². The number of nitrogens with zero attached hydrogens (tertiary/aromatic N) is 5. The molecule has 0 aliphatic carbocycles. The summed E-state index contributed by atoms with van der Waals surface area (Å²) < 4.78 is 38.3. The first-order chi connectivity index (χ1) is 21.0. The zero-order valence-corrected chi connectivity index (χ0v) is 24.3. The van der Waals surface area contributed by atoms with Gasteiger partial charge in [0.05, 0.1) is 22.2 Å². The quantitative estimate of drug-likeness (QED) is 0.325. The summed E-state index contributed by atoms with van der Waals surface area (Å²) >= 11 is 0. The van der Waals surface area contributed by atoms with Crippen molar-refractivity contribution in [2.45, 2.75) is 56.5 Å². The maximum Gasteiger partial charge on any atom is 0.319 e. The number of aromatic nitrogens is 3. The summed E-state index contributed by atoms with van der Waals surface area (Å²) in [7, 11) is 0. The highest BCUT2D eigenvalue weighted by molar-refractivity contribution is 6.03. The second-order valence-corrected chi connectivity index (χ2v) is 12.6. The van der Waals surface area contributed by atoms with Crippen LogP contribution in [0.1, 0.15) is 56.2 Å². The van der Waals surface area contributed by atoms with E-state index in [9.17, 15) is 4.39 Å². The summed E-state index contributed by atoms with van der Waals surface area (Å²) in [5, 5.41) is 5.34. The van der Waals surface area contributed by atoms with Gasteiger partial charge in [-0.15, -0.1) is 6.42 Å². The number of fused-ring (bicyclic) bond motifs is 4. The zero-order chi connectivity index (χ0) is 29.3. The lowest BCUT2D eigenvalue weighted by molar-refractivity contribution is 0.108. The molecule has 0 unspecified atom stereocenters. The molecule has 1 N–H and O–H groups in total. The zero-order valence-electron chi connectivity index (χ0n) is 24.3. The SMILES string of the molecule is C#Cc1c(F)ccc2cccc(-c3nc4c5c(nc(OCC67CCCN6CCC7)nc5c3F)N3CCNC[C@H]3C[C@H]4C)c12. The minimum atomic E-state index is -0.575. The minimum absolute atomic E-state index is 0.00426. The van der Waals surface area contributed by atoms with Crippen LogP contribution in [-0.2, 0) is 0 Å². The molecular weight excluding hydrogens is 546 g/mol. The molecule has 43 heavy (non-hydrogen) atoms. The molecule has 2 atom stereocenters. The Hall–Kier alpha value is -3.87. The number of terminal acetylenes is 1. The van der Waals surface area contributed by atoms with Gasteiger partial charge in [-0.2, -0.15) is 9.97 Å². The van der Waals surface area contributed by atoms with Crippen LogP contribution in [0.5, 0.6) is 6.01 Å². The molecule has 3 fully saturated rings. The Bertz CT molecular complexity index is 1810. The fourth-order valence-corrected chi connectivity index (χ4v) is 8.09. The van der Waals surface area contributed by atoms with Gasteiger partial charge in [-0.25, -0.2) is 13.8 Å². The second kappa shape index (κ2) is 10.1. The Labute approximate surface area is 249 Å². The summed E-state index contributed by atoms with van der Waals surface area (Å²) in [5.74, 6) is 2.09. The van der Waals surface area contributed by atoms with Crippen molar-refractivity contribution in [3.05, 3.63) is 53.2 Å². The van der Waals surface area contributed by atoms with Crippen LogP contribution in [0.2, 0.25) is 0 Å². The molecule has 0 bridgehead atoms. The van der Waals surface area contributed by atoms with Crippen molar-refractivity contribution in [3.8, 4) is 29.6 Å². The third-order valence-electron chi connectivity index (χ3n) is 10.2. The summed E-state index contributed by atoms with van der Waals surface area (Å²) in [5.41, 5.74) is 1.60. The van der Waals surface area contributed by atoms with Crippen molar-refractivity contribution in [2.24, 2.45) is 0 Å². The van der Waals surface area contributed by atoms with Gasteiger partial charge < -0.3 is 15.0 Å². The first-order valence-corrected chi connectivity index (χ1v) is 15.4. The summed E-state index contributed by atoms with van der Waals surface area (Å²) in [6, 6.07) is 8.81. The van der Waals surface area contributed by atoms with E-state index in [1.165, 1.54) is 6.07 Å². The predicted molar refractivity (Wildman–Crippen MR) is 163 cm³/mol. The molecule has 0 amide bonds. The average Bonchev–Trinajstić information content (AvgIpc) is 3.58. The number of hydrogen-bond donors (Lipinski definition) is 1. The molecule has 7 nitrogen and oxygen atoms in total. The smallest absolute Gasteiger partial charge is 0.319 e. The van der Waals surface area contributed by atoms with Crippen LogP contribution >= 0.6 is 0 Å². The fraction of sp³-hybridized carbons (Fsp3) is 0.441. The first kappa shape index (κ1) is 26.7. The van der Waals surface area contributed by atoms with E-state index in [-0.39, 0.29) is 40.3 Å². The molecule has 4 aliphatic rings. The van der Waals surface area contributed by atoms with Crippen LogP contribution in [0.25, 0.3) is 32.9 Å². The van der Waals surface area contributed by atoms with Crippen LogP contribution < -0.4 is 15.0 Å². The lowest BCUT2D eigenvalue weighted by atomic mass is 9.93. The van der Waals surface area contributed by atoms with E-state index in [0.717, 1.165) is 75.9 Å². The van der Waals surface area contributed by atoms with Gasteiger partial charge in [0.15, 0.2) is 5.82 Å². The van der Waals surface area contributed by atoms with Crippen molar-refractivity contribution in [3.63, 3.8) is 0 Å². The van der Waals surface area contributed by atoms with E-state index in [1.807, 2.05) is 12.1 Å². The van der Waals surface area contributed by atoms with E-state index >= 15 is 4.39 Å². The number of piperazine rings is 1. The van der Waals surface area contributed by atoms with Gasteiger partial charge in [0.1, 0.15) is 29.5 Å². The van der Waals surface area contributed by atoms with Gasteiger partial charge in [-0.3, -0.25) is 4.90 Å². The first-order valence-electron chi connectivity index (χ1n) is 15.4. The van der Waals surface area contributed by atoms with Crippen molar-refractivity contribution in [1.29, 1.82) is 0 Å². The summed E-state index contributed by atoms with van der Waals surface area (Å²) in [6.45, 7) is 7.15. The molecule has 2 aromatic carbocycles. The van der Waals surface area contributed by atoms with Crippen molar-refractivity contribution in [1.82, 2.24) is 25.2 Å². The number of hydrogen-bond acceptors (Lipinski definition) is 7. The monoisotopic (exact) mass is 580 g/mol. The Kier molecular flexibility index (Phi) is 6.28. The van der Waals surface area contributed by atoms with E-state index in [0.29, 0.717) is 28.8 Å². The number of anilines is 1. The van der Waals surface area contributed by atoms with Crippen LogP contribution in [-0.4, -0.2) is 70.8 Å². The predicted octanol–water partition coefficient (Wildman–Crippen LogP) is 5.40. The normalized spacial score (nSPS) is 22.8. The lowest BCUT2D eigenvalue weighted by Crippen LogP contribution is -2.51. The van der Waals surface area contributed by atoms with Gasteiger partial charge in [0.2, 0.25) is 0 Å². The highest BCUT2D eigenvalue weighted by Crippen LogP contribution is 2.44. The molecule has 2 aromatic heterocycles. The van der Waals surface area contributed by atoms with Gasteiger partial charge in [0, 0.05) is 42.5 Å². The Morgan fingerprint density at radius 3 is 2.72 bits per heavy atom. The molecule has 9 heteroatoms. The highest BCUT2D eigenvalue weighted by atomic mass is 19.1. The van der Waals surface area contributed by atoms with Gasteiger partial charge in [0.25, 0.3) is 0 Å². The Balaban J connectivity index is 1.35. The van der Waals surface area contributed by atoms with Crippen LogP contribution in [0.15, 0.2) is 30.3 Å². The fourth-order valence-electron chi connectivity index (χ4n) is 8.09. The summed E-state index contributed by atoms with van der Waals surface area (Å²) in [6.07, 6.45) is 11.1. The second-order valence-electron chi connectivity index (χ2n) is 12.6. The van der Waals surface area contributed by atoms with Gasteiger partial charge in [-0.1, -0.05) is 37.1 Å². The number of halogens is 2. The molecule has 4 aromatic rings. The topological polar surface area (TPSA) is 66.4 Å². The molecular formula is C34H34F2N6O. The number of pyridine rings is 1. The number of rotatable bonds is 4. The number of ether oxygens (including phenoxy) is 1. The molecule has 220 valence electrons. The van der Waals surface area contributed by atoms with Crippen LogP contribution in [0.4, 0.5) is 14.6 Å². The standard InChI is InChI=1S/C34H34F2N6O/c1-3-23-25(35)10-9-21-7-4-8-24(26(21)23)30-28(36)31-27-29(38-30)20(2)17-22-18-37-13-16-42(22)32(27)40-33(39-31)43-19-34-11-5-14-41(34)15-6-12-34/h1,4,7-10,20,22,37H,5-6,11-19H2,2H3/t20-,22-/m1/s1. The molecule has 4 aliphatic heterocycles. The van der Waals surface area contributed by atoms with Crippen molar-refractivity contribution >= 4 is 27.5 Å². The lowest BCUT2D eigenvalue weighted by Gasteiger charge is -2.37. The van der Waals surface area contributed by atoms with E-state index < -0.39 is 11.6 Å². The van der Waals surface area contributed by atoms with Gasteiger partial charge >= 0.3 is 6.01 Å². The third kappa shape index (κ3) is 4.10. The van der Waals surface area contributed by atoms with Crippen molar-refractivity contribution in [2.75, 3.05) is 44.2 Å². The largest absolute Gasteiger partial charge is 0.461 e. The molecule has 6 heterocycles.